The first kappa shape index (κ1) is 20.3. The second-order valence-corrected chi connectivity index (χ2v) is 8.07. The fraction of sp³-hybridized carbons (Fsp3) is 0.368. The van der Waals surface area contributed by atoms with Gasteiger partial charge in [0, 0.05) is 23.9 Å². The number of carbonyl (C=O) groups is 3. The highest BCUT2D eigenvalue weighted by Gasteiger charge is 2.25. The summed E-state index contributed by atoms with van der Waals surface area (Å²) in [6.45, 7) is 2.40. The van der Waals surface area contributed by atoms with Crippen LogP contribution in [0.25, 0.3) is 11.0 Å². The first-order valence-electron chi connectivity index (χ1n) is 9.02. The summed E-state index contributed by atoms with van der Waals surface area (Å²) in [6, 6.07) is 7.38. The Balaban J connectivity index is 1.37. The molecule has 28 heavy (non-hydrogen) atoms. The van der Waals surface area contributed by atoms with Gasteiger partial charge in [0.25, 0.3) is 0 Å². The van der Waals surface area contributed by atoms with Crippen LogP contribution < -0.4 is 10.9 Å². The maximum Gasteiger partial charge on any atom is 0.305 e. The van der Waals surface area contributed by atoms with Gasteiger partial charge < -0.3 is 4.42 Å². The molecule has 0 aliphatic carbocycles. The number of unbranched alkanes of at least 4 members (excludes halogenated alkanes) is 2. The monoisotopic (exact) mass is 419 g/mol. The normalized spacial score (nSPS) is 14.0. The van der Waals surface area contributed by atoms with E-state index in [1.54, 1.807) is 17.9 Å². The smallest absolute Gasteiger partial charge is 0.305 e. The number of furan rings is 1. The van der Waals surface area contributed by atoms with Crippen LogP contribution in [0.2, 0.25) is 0 Å². The van der Waals surface area contributed by atoms with Gasteiger partial charge >= 0.3 is 5.91 Å². The molecule has 0 unspecified atom stereocenters. The molecule has 2 N–H and O–H groups in total. The predicted molar refractivity (Wildman–Crippen MR) is 112 cm³/mol. The number of rotatable bonds is 7. The first-order valence-corrected chi connectivity index (χ1v) is 10.4. The molecule has 0 spiro atoms. The summed E-state index contributed by atoms with van der Waals surface area (Å²) in [7, 11) is 0. The summed E-state index contributed by atoms with van der Waals surface area (Å²) >= 11 is 6.51. The van der Waals surface area contributed by atoms with Gasteiger partial charge in [-0.3, -0.25) is 30.1 Å². The number of amides is 3. The van der Waals surface area contributed by atoms with Crippen molar-refractivity contribution in [1.82, 2.24) is 15.8 Å². The van der Waals surface area contributed by atoms with Crippen LogP contribution in [0.1, 0.15) is 41.8 Å². The highest BCUT2D eigenvalue weighted by Crippen LogP contribution is 2.24. The molecule has 1 aliphatic heterocycles. The third-order valence-corrected chi connectivity index (χ3v) is 5.92. The van der Waals surface area contributed by atoms with Crippen LogP contribution in [0.4, 0.5) is 0 Å². The zero-order valence-electron chi connectivity index (χ0n) is 15.4. The number of benzene rings is 1. The Bertz CT molecular complexity index is 909. The Morgan fingerprint density at radius 3 is 2.71 bits per heavy atom. The minimum atomic E-state index is -0.486. The van der Waals surface area contributed by atoms with Crippen LogP contribution in [0.15, 0.2) is 28.7 Å². The fourth-order valence-electron chi connectivity index (χ4n) is 2.97. The van der Waals surface area contributed by atoms with Crippen LogP contribution >= 0.6 is 24.0 Å². The number of para-hydroxylation sites is 1. The van der Waals surface area contributed by atoms with E-state index in [9.17, 15) is 14.4 Å². The number of aryl methyl sites for hydroxylation is 1. The van der Waals surface area contributed by atoms with Gasteiger partial charge in [-0.25, -0.2) is 0 Å². The van der Waals surface area contributed by atoms with Crippen molar-refractivity contribution < 1.29 is 18.8 Å². The van der Waals surface area contributed by atoms with Crippen molar-refractivity contribution in [3.63, 3.8) is 0 Å². The molecule has 1 saturated heterocycles. The van der Waals surface area contributed by atoms with E-state index in [0.717, 1.165) is 23.8 Å². The van der Waals surface area contributed by atoms with Crippen molar-refractivity contribution in [1.29, 1.82) is 0 Å². The Kier molecular flexibility index (Phi) is 6.69. The van der Waals surface area contributed by atoms with E-state index in [1.807, 2.05) is 18.2 Å². The number of nitrogens with zero attached hydrogens (tertiary/aromatic N) is 1. The molecule has 1 aromatic carbocycles. The molecule has 9 heteroatoms. The summed E-state index contributed by atoms with van der Waals surface area (Å²) in [4.78, 5) is 37.4. The average molecular weight is 420 g/mol. The van der Waals surface area contributed by atoms with Crippen LogP contribution in [-0.4, -0.2) is 39.2 Å². The SMILES string of the molecule is Cc1c(C(=O)NNC(=O)CCCCCN2C(=O)CSC2=S)oc2ccccc12. The molecule has 1 fully saturated rings. The minimum absolute atomic E-state index is 0.0522. The van der Waals surface area contributed by atoms with Gasteiger partial charge in [0.15, 0.2) is 5.76 Å². The van der Waals surface area contributed by atoms with E-state index < -0.39 is 5.91 Å². The van der Waals surface area contributed by atoms with E-state index in [1.165, 1.54) is 11.8 Å². The molecule has 7 nitrogen and oxygen atoms in total. The van der Waals surface area contributed by atoms with Crippen LogP contribution in [-0.2, 0) is 9.59 Å². The molecular formula is C19H21N3O4S2. The lowest BCUT2D eigenvalue weighted by molar-refractivity contribution is -0.124. The summed E-state index contributed by atoms with van der Waals surface area (Å²) < 4.78 is 6.20. The minimum Gasteiger partial charge on any atom is -0.451 e. The molecule has 148 valence electrons. The van der Waals surface area contributed by atoms with E-state index in [4.69, 9.17) is 16.6 Å². The second kappa shape index (κ2) is 9.20. The molecule has 0 saturated carbocycles. The molecule has 0 radical (unpaired) electrons. The lowest BCUT2D eigenvalue weighted by Crippen LogP contribution is -2.41. The van der Waals surface area contributed by atoms with Gasteiger partial charge in [0.2, 0.25) is 11.8 Å². The van der Waals surface area contributed by atoms with E-state index >= 15 is 0 Å². The third-order valence-electron chi connectivity index (χ3n) is 4.49. The molecule has 2 heterocycles. The van der Waals surface area contributed by atoms with Gasteiger partial charge in [0.1, 0.15) is 9.90 Å². The Morgan fingerprint density at radius 1 is 1.21 bits per heavy atom. The van der Waals surface area contributed by atoms with Crippen LogP contribution in [0.5, 0.6) is 0 Å². The van der Waals surface area contributed by atoms with Crippen molar-refractivity contribution >= 4 is 57.0 Å². The summed E-state index contributed by atoms with van der Waals surface area (Å²) in [5, 5.41) is 0.869. The molecule has 3 rings (SSSR count). The van der Waals surface area contributed by atoms with Crippen molar-refractivity contribution in [3.05, 3.63) is 35.6 Å². The molecule has 0 atom stereocenters. The quantitative estimate of drug-likeness (QED) is 0.407. The van der Waals surface area contributed by atoms with Crippen LogP contribution in [0, 0.1) is 6.92 Å². The number of fused-ring (bicyclic) bond motifs is 1. The molecule has 1 aromatic heterocycles. The Hall–Kier alpha value is -2.39. The highest BCUT2D eigenvalue weighted by atomic mass is 32.2. The maximum absolute atomic E-state index is 12.3. The van der Waals surface area contributed by atoms with Gasteiger partial charge in [-0.1, -0.05) is 48.6 Å². The van der Waals surface area contributed by atoms with Gasteiger partial charge in [0.05, 0.1) is 5.75 Å². The van der Waals surface area contributed by atoms with Gasteiger partial charge in [-0.2, -0.15) is 0 Å². The topological polar surface area (TPSA) is 91.7 Å². The number of hydrogen-bond acceptors (Lipinski definition) is 6. The number of thioether (sulfide) groups is 1. The molecular weight excluding hydrogens is 398 g/mol. The van der Waals surface area contributed by atoms with Crippen molar-refractivity contribution in [3.8, 4) is 0 Å². The zero-order chi connectivity index (χ0) is 20.1. The second-order valence-electron chi connectivity index (χ2n) is 6.47. The third kappa shape index (κ3) is 4.71. The maximum atomic E-state index is 12.3. The zero-order valence-corrected chi connectivity index (χ0v) is 17.1. The number of thiocarbonyl (C=S) groups is 1. The number of hydrogen-bond donors (Lipinski definition) is 2. The Labute approximate surface area is 172 Å². The highest BCUT2D eigenvalue weighted by molar-refractivity contribution is 8.23. The average Bonchev–Trinajstić information content (AvgIpc) is 3.19. The lowest BCUT2D eigenvalue weighted by Gasteiger charge is -2.14. The molecule has 2 aromatic rings. The molecule has 0 bridgehead atoms. The fourth-order valence-corrected chi connectivity index (χ4v) is 4.09. The van der Waals surface area contributed by atoms with E-state index in [2.05, 4.69) is 10.9 Å². The van der Waals surface area contributed by atoms with Crippen molar-refractivity contribution in [2.75, 3.05) is 12.3 Å². The standard InChI is InChI=1S/C19H21N3O4S2/c1-12-13-7-4-5-8-14(13)26-17(12)18(25)21-20-15(23)9-3-2-6-10-22-16(24)11-28-19(22)27/h4-5,7-8H,2-3,6,9-11H2,1H3,(H,20,23)(H,21,25). The molecule has 1 aliphatic rings. The Morgan fingerprint density at radius 2 is 2.00 bits per heavy atom. The summed E-state index contributed by atoms with van der Waals surface area (Å²) in [5.41, 5.74) is 6.17. The number of carbonyl (C=O) groups excluding carboxylic acids is 3. The van der Waals surface area contributed by atoms with Gasteiger partial charge in [-0.05, 0) is 25.8 Å². The summed E-state index contributed by atoms with van der Waals surface area (Å²) in [5.74, 6) is -0.0981. The van der Waals surface area contributed by atoms with Gasteiger partial charge in [-0.15, -0.1) is 0 Å². The molecule has 3 amide bonds. The van der Waals surface area contributed by atoms with Crippen molar-refractivity contribution in [2.45, 2.75) is 32.6 Å². The number of hydrazine groups is 1. The first-order chi connectivity index (χ1) is 13.5. The predicted octanol–water partition coefficient (Wildman–Crippen LogP) is 2.92. The lowest BCUT2D eigenvalue weighted by atomic mass is 10.1. The van der Waals surface area contributed by atoms with E-state index in [-0.39, 0.29) is 24.0 Å². The van der Waals surface area contributed by atoms with E-state index in [0.29, 0.717) is 28.6 Å². The summed E-state index contributed by atoms with van der Waals surface area (Å²) in [6.07, 6.45) is 2.52. The van der Waals surface area contributed by atoms with Crippen LogP contribution in [0.3, 0.4) is 0 Å². The van der Waals surface area contributed by atoms with Crippen molar-refractivity contribution in [2.24, 2.45) is 0 Å². The largest absolute Gasteiger partial charge is 0.451 e. The number of nitrogens with one attached hydrogen (secondary N) is 2.